The highest BCUT2D eigenvalue weighted by Gasteiger charge is 2.12. The van der Waals surface area contributed by atoms with Gasteiger partial charge in [-0.15, -0.1) is 0 Å². The van der Waals surface area contributed by atoms with Gasteiger partial charge in [0, 0.05) is 11.3 Å². The molecule has 5 heteroatoms. The van der Waals surface area contributed by atoms with Crippen molar-refractivity contribution in [2.24, 2.45) is 0 Å². The Kier molecular flexibility index (Phi) is 4.85. The van der Waals surface area contributed by atoms with Gasteiger partial charge in [-0.25, -0.2) is 0 Å². The van der Waals surface area contributed by atoms with E-state index in [4.69, 9.17) is 10.5 Å². The lowest BCUT2D eigenvalue weighted by Crippen LogP contribution is -2.26. The summed E-state index contributed by atoms with van der Waals surface area (Å²) in [5.41, 5.74) is 7.83. The molecule has 0 fully saturated rings. The van der Waals surface area contributed by atoms with Crippen molar-refractivity contribution < 1.29 is 9.53 Å². The predicted octanol–water partition coefficient (Wildman–Crippen LogP) is 3.53. The summed E-state index contributed by atoms with van der Waals surface area (Å²) in [6.07, 6.45) is 0. The van der Waals surface area contributed by atoms with Crippen molar-refractivity contribution in [2.75, 3.05) is 12.8 Å². The molecule has 3 N–H and O–H groups in total. The Morgan fingerprint density at radius 1 is 1.24 bits per heavy atom. The second-order valence-electron chi connectivity index (χ2n) is 4.71. The molecule has 4 nitrogen and oxygen atoms in total. The minimum Gasteiger partial charge on any atom is -0.496 e. The molecule has 0 aliphatic carbocycles. The zero-order valence-electron chi connectivity index (χ0n) is 11.9. The number of methoxy groups -OCH3 is 1. The monoisotopic (exact) mass is 348 g/mol. The summed E-state index contributed by atoms with van der Waals surface area (Å²) in [5.74, 6) is 0.630. The van der Waals surface area contributed by atoms with Crippen molar-refractivity contribution in [1.29, 1.82) is 0 Å². The third-order valence-corrected chi connectivity index (χ3v) is 3.82. The molecule has 2 rings (SSSR count). The van der Waals surface area contributed by atoms with Gasteiger partial charge in [-0.2, -0.15) is 0 Å². The van der Waals surface area contributed by atoms with E-state index in [0.29, 0.717) is 11.3 Å². The van der Waals surface area contributed by atoms with Crippen LogP contribution in [0.2, 0.25) is 0 Å². The molecule has 0 radical (unpaired) electrons. The van der Waals surface area contributed by atoms with Crippen molar-refractivity contribution >= 4 is 27.5 Å². The highest BCUT2D eigenvalue weighted by atomic mass is 79.9. The molecule has 0 aliphatic heterocycles. The van der Waals surface area contributed by atoms with E-state index in [1.165, 1.54) is 0 Å². The van der Waals surface area contributed by atoms with Crippen LogP contribution in [0, 0.1) is 0 Å². The molecule has 0 heterocycles. The van der Waals surface area contributed by atoms with Gasteiger partial charge in [0.25, 0.3) is 5.91 Å². The number of carbonyl (C=O) groups excluding carboxylic acids is 1. The summed E-state index contributed by atoms with van der Waals surface area (Å²) in [6.45, 7) is 1.93. The number of hydrogen-bond acceptors (Lipinski definition) is 3. The van der Waals surface area contributed by atoms with Crippen LogP contribution in [-0.4, -0.2) is 13.0 Å². The highest BCUT2D eigenvalue weighted by Crippen LogP contribution is 2.28. The molecule has 1 unspecified atom stereocenters. The van der Waals surface area contributed by atoms with Gasteiger partial charge in [0.05, 0.1) is 17.6 Å². The van der Waals surface area contributed by atoms with Crippen molar-refractivity contribution in [3.05, 3.63) is 58.1 Å². The normalized spacial score (nSPS) is 11.8. The van der Waals surface area contributed by atoms with E-state index in [1.54, 1.807) is 31.4 Å². The van der Waals surface area contributed by atoms with E-state index < -0.39 is 0 Å². The van der Waals surface area contributed by atoms with E-state index in [2.05, 4.69) is 21.2 Å². The lowest BCUT2D eigenvalue weighted by atomic mass is 10.1. The molecule has 1 atom stereocenters. The predicted molar refractivity (Wildman–Crippen MR) is 87.4 cm³/mol. The molecular formula is C16H17BrN2O2. The van der Waals surface area contributed by atoms with Gasteiger partial charge < -0.3 is 15.8 Å². The van der Waals surface area contributed by atoms with Gasteiger partial charge in [-0.1, -0.05) is 6.07 Å². The number of carbonyl (C=O) groups is 1. The van der Waals surface area contributed by atoms with Gasteiger partial charge in [-0.3, -0.25) is 4.79 Å². The van der Waals surface area contributed by atoms with Gasteiger partial charge >= 0.3 is 0 Å². The first kappa shape index (κ1) is 15.4. The fourth-order valence-electron chi connectivity index (χ4n) is 1.95. The highest BCUT2D eigenvalue weighted by molar-refractivity contribution is 9.10. The Morgan fingerprint density at radius 2 is 1.90 bits per heavy atom. The Morgan fingerprint density at radius 3 is 2.48 bits per heavy atom. The zero-order valence-corrected chi connectivity index (χ0v) is 13.5. The molecule has 0 aliphatic rings. The van der Waals surface area contributed by atoms with E-state index >= 15 is 0 Å². The van der Waals surface area contributed by atoms with Crippen LogP contribution in [0.15, 0.2) is 46.9 Å². The molecular weight excluding hydrogens is 332 g/mol. The SMILES string of the molecule is COc1ccc(C(C)NC(=O)c2ccc(N)cc2)cc1Br. The maximum Gasteiger partial charge on any atom is 0.251 e. The van der Waals surface area contributed by atoms with E-state index in [9.17, 15) is 4.79 Å². The Labute approximate surface area is 132 Å². The molecule has 1 amide bonds. The summed E-state index contributed by atoms with van der Waals surface area (Å²) < 4.78 is 6.05. The summed E-state index contributed by atoms with van der Waals surface area (Å²) in [4.78, 5) is 12.2. The van der Waals surface area contributed by atoms with Crippen LogP contribution in [0.3, 0.4) is 0 Å². The van der Waals surface area contributed by atoms with Crippen LogP contribution in [0.1, 0.15) is 28.9 Å². The average molecular weight is 349 g/mol. The van der Waals surface area contributed by atoms with Crippen LogP contribution in [0.5, 0.6) is 5.75 Å². The maximum absolute atomic E-state index is 12.2. The molecule has 110 valence electrons. The number of ether oxygens (including phenoxy) is 1. The Hall–Kier alpha value is -2.01. The number of nitrogens with two attached hydrogens (primary N) is 1. The van der Waals surface area contributed by atoms with Gasteiger partial charge in [0.15, 0.2) is 0 Å². The molecule has 0 bridgehead atoms. The van der Waals surface area contributed by atoms with Crippen molar-refractivity contribution in [1.82, 2.24) is 5.32 Å². The number of rotatable bonds is 4. The largest absolute Gasteiger partial charge is 0.496 e. The molecule has 0 saturated carbocycles. The van der Waals surface area contributed by atoms with E-state index in [0.717, 1.165) is 15.8 Å². The van der Waals surface area contributed by atoms with Crippen LogP contribution >= 0.6 is 15.9 Å². The minimum atomic E-state index is -0.130. The zero-order chi connectivity index (χ0) is 15.4. The average Bonchev–Trinajstić information content (AvgIpc) is 2.47. The van der Waals surface area contributed by atoms with Crippen LogP contribution in [0.25, 0.3) is 0 Å². The first-order valence-corrected chi connectivity index (χ1v) is 7.30. The summed E-state index contributed by atoms with van der Waals surface area (Å²) in [6, 6.07) is 12.5. The molecule has 0 aromatic heterocycles. The topological polar surface area (TPSA) is 64.3 Å². The number of anilines is 1. The first-order valence-electron chi connectivity index (χ1n) is 6.51. The number of hydrogen-bond donors (Lipinski definition) is 2. The second-order valence-corrected chi connectivity index (χ2v) is 5.57. The summed E-state index contributed by atoms with van der Waals surface area (Å²) >= 11 is 3.44. The molecule has 2 aromatic carbocycles. The fourth-order valence-corrected chi connectivity index (χ4v) is 2.51. The Bertz CT molecular complexity index is 641. The van der Waals surface area contributed by atoms with Crippen molar-refractivity contribution in [2.45, 2.75) is 13.0 Å². The van der Waals surface area contributed by atoms with Crippen molar-refractivity contribution in [3.8, 4) is 5.75 Å². The van der Waals surface area contributed by atoms with Crippen LogP contribution < -0.4 is 15.8 Å². The quantitative estimate of drug-likeness (QED) is 0.830. The Balaban J connectivity index is 2.10. The number of amides is 1. The number of benzene rings is 2. The van der Waals surface area contributed by atoms with Gasteiger partial charge in [-0.05, 0) is 64.8 Å². The van der Waals surface area contributed by atoms with E-state index in [-0.39, 0.29) is 11.9 Å². The lowest BCUT2D eigenvalue weighted by molar-refractivity contribution is 0.0940. The lowest BCUT2D eigenvalue weighted by Gasteiger charge is -2.15. The van der Waals surface area contributed by atoms with Crippen LogP contribution in [-0.2, 0) is 0 Å². The second kappa shape index (κ2) is 6.63. The van der Waals surface area contributed by atoms with Gasteiger partial charge in [0.2, 0.25) is 0 Å². The van der Waals surface area contributed by atoms with Crippen LogP contribution in [0.4, 0.5) is 5.69 Å². The molecule has 0 saturated heterocycles. The standard InChI is InChI=1S/C16H17BrN2O2/c1-10(12-5-8-15(21-2)14(17)9-12)19-16(20)11-3-6-13(18)7-4-11/h3-10H,18H2,1-2H3,(H,19,20). The summed E-state index contributed by atoms with van der Waals surface area (Å²) in [7, 11) is 1.62. The first-order chi connectivity index (χ1) is 10.0. The maximum atomic E-state index is 12.2. The van der Waals surface area contributed by atoms with E-state index in [1.807, 2.05) is 25.1 Å². The van der Waals surface area contributed by atoms with Crippen molar-refractivity contribution in [3.63, 3.8) is 0 Å². The smallest absolute Gasteiger partial charge is 0.251 e. The third kappa shape index (κ3) is 3.76. The molecule has 2 aromatic rings. The minimum absolute atomic E-state index is 0.114. The molecule has 0 spiro atoms. The number of halogens is 1. The third-order valence-electron chi connectivity index (χ3n) is 3.20. The summed E-state index contributed by atoms with van der Waals surface area (Å²) in [5, 5.41) is 2.96. The number of nitrogens with one attached hydrogen (secondary N) is 1. The number of nitrogen functional groups attached to an aromatic ring is 1. The fraction of sp³-hybridized carbons (Fsp3) is 0.188. The molecule has 21 heavy (non-hydrogen) atoms. The van der Waals surface area contributed by atoms with Gasteiger partial charge in [0.1, 0.15) is 5.75 Å².